The van der Waals surface area contributed by atoms with E-state index in [9.17, 15) is 5.11 Å². The SMILES string of the molecule is Cc1ccc(C(O)C(C)NCCOCCO)cc1. The molecule has 0 radical (unpaired) electrons. The highest BCUT2D eigenvalue weighted by Gasteiger charge is 2.15. The summed E-state index contributed by atoms with van der Waals surface area (Å²) in [7, 11) is 0. The van der Waals surface area contributed by atoms with Crippen molar-refractivity contribution >= 4 is 0 Å². The van der Waals surface area contributed by atoms with Gasteiger partial charge in [-0.25, -0.2) is 0 Å². The summed E-state index contributed by atoms with van der Waals surface area (Å²) in [5.74, 6) is 0. The zero-order chi connectivity index (χ0) is 13.4. The lowest BCUT2D eigenvalue weighted by atomic mass is 10.0. The van der Waals surface area contributed by atoms with Crippen LogP contribution in [-0.2, 0) is 4.74 Å². The Kier molecular flexibility index (Phi) is 6.90. The number of hydrogen-bond acceptors (Lipinski definition) is 4. The Morgan fingerprint density at radius 2 is 1.89 bits per heavy atom. The molecule has 0 bridgehead atoms. The van der Waals surface area contributed by atoms with Gasteiger partial charge in [0.2, 0.25) is 0 Å². The molecule has 0 fully saturated rings. The molecular weight excluding hydrogens is 230 g/mol. The fourth-order valence-corrected chi connectivity index (χ4v) is 1.69. The van der Waals surface area contributed by atoms with Gasteiger partial charge in [0.1, 0.15) is 0 Å². The molecule has 0 spiro atoms. The van der Waals surface area contributed by atoms with E-state index in [4.69, 9.17) is 9.84 Å². The fraction of sp³-hybridized carbons (Fsp3) is 0.571. The lowest BCUT2D eigenvalue weighted by Crippen LogP contribution is -2.34. The predicted octanol–water partition coefficient (Wildman–Crippen LogP) is 1.02. The lowest BCUT2D eigenvalue weighted by Gasteiger charge is -2.20. The second-order valence-electron chi connectivity index (χ2n) is 4.43. The quantitative estimate of drug-likeness (QED) is 0.605. The van der Waals surface area contributed by atoms with E-state index in [2.05, 4.69) is 5.32 Å². The van der Waals surface area contributed by atoms with Gasteiger partial charge in [0, 0.05) is 12.6 Å². The van der Waals surface area contributed by atoms with Crippen LogP contribution in [0.1, 0.15) is 24.2 Å². The first-order valence-corrected chi connectivity index (χ1v) is 6.31. The second-order valence-corrected chi connectivity index (χ2v) is 4.43. The first-order chi connectivity index (χ1) is 8.65. The molecule has 0 aromatic heterocycles. The number of rotatable bonds is 8. The second kappa shape index (κ2) is 8.21. The van der Waals surface area contributed by atoms with Gasteiger partial charge in [-0.1, -0.05) is 29.8 Å². The van der Waals surface area contributed by atoms with Crippen LogP contribution in [0.3, 0.4) is 0 Å². The van der Waals surface area contributed by atoms with Crippen LogP contribution in [0.25, 0.3) is 0 Å². The minimum absolute atomic E-state index is 0.0366. The number of ether oxygens (including phenoxy) is 1. The number of aliphatic hydroxyl groups is 2. The van der Waals surface area contributed by atoms with Gasteiger partial charge in [0.05, 0.1) is 25.9 Å². The maximum Gasteiger partial charge on any atom is 0.0940 e. The summed E-state index contributed by atoms with van der Waals surface area (Å²) in [5.41, 5.74) is 2.10. The van der Waals surface area contributed by atoms with Crippen molar-refractivity contribution in [3.63, 3.8) is 0 Å². The van der Waals surface area contributed by atoms with Crippen molar-refractivity contribution in [2.75, 3.05) is 26.4 Å². The molecular formula is C14H23NO3. The summed E-state index contributed by atoms with van der Waals surface area (Å²) < 4.78 is 5.14. The Hall–Kier alpha value is -0.940. The van der Waals surface area contributed by atoms with E-state index >= 15 is 0 Å². The van der Waals surface area contributed by atoms with Crippen molar-refractivity contribution < 1.29 is 14.9 Å². The number of aliphatic hydroxyl groups excluding tert-OH is 2. The summed E-state index contributed by atoms with van der Waals surface area (Å²) in [4.78, 5) is 0. The van der Waals surface area contributed by atoms with Crippen LogP contribution in [0.4, 0.5) is 0 Å². The van der Waals surface area contributed by atoms with Gasteiger partial charge in [0.25, 0.3) is 0 Å². The van der Waals surface area contributed by atoms with E-state index in [1.165, 1.54) is 5.56 Å². The van der Waals surface area contributed by atoms with Crippen LogP contribution in [0, 0.1) is 6.92 Å². The topological polar surface area (TPSA) is 61.7 Å². The Morgan fingerprint density at radius 1 is 1.22 bits per heavy atom. The highest BCUT2D eigenvalue weighted by molar-refractivity contribution is 5.23. The van der Waals surface area contributed by atoms with Crippen LogP contribution >= 0.6 is 0 Å². The van der Waals surface area contributed by atoms with Gasteiger partial charge in [-0.2, -0.15) is 0 Å². The van der Waals surface area contributed by atoms with Crippen LogP contribution < -0.4 is 5.32 Å². The van der Waals surface area contributed by atoms with Gasteiger partial charge >= 0.3 is 0 Å². The number of benzene rings is 1. The normalized spacial score (nSPS) is 14.4. The lowest BCUT2D eigenvalue weighted by molar-refractivity contribution is 0.0849. The molecule has 0 saturated heterocycles. The zero-order valence-electron chi connectivity index (χ0n) is 11.1. The molecule has 2 atom stereocenters. The van der Waals surface area contributed by atoms with Crippen molar-refractivity contribution in [1.82, 2.24) is 5.32 Å². The molecule has 2 unspecified atom stereocenters. The monoisotopic (exact) mass is 253 g/mol. The number of nitrogens with one attached hydrogen (secondary N) is 1. The number of aryl methyl sites for hydroxylation is 1. The van der Waals surface area contributed by atoms with E-state index in [0.29, 0.717) is 19.8 Å². The van der Waals surface area contributed by atoms with E-state index in [1.54, 1.807) is 0 Å². The van der Waals surface area contributed by atoms with Gasteiger partial charge in [-0.3, -0.25) is 0 Å². The van der Waals surface area contributed by atoms with Crippen molar-refractivity contribution in [2.24, 2.45) is 0 Å². The molecule has 0 saturated carbocycles. The molecule has 4 heteroatoms. The van der Waals surface area contributed by atoms with Crippen LogP contribution in [0.15, 0.2) is 24.3 Å². The maximum absolute atomic E-state index is 10.1. The molecule has 3 N–H and O–H groups in total. The van der Waals surface area contributed by atoms with E-state index in [0.717, 1.165) is 5.56 Å². The Labute approximate surface area is 109 Å². The van der Waals surface area contributed by atoms with E-state index in [-0.39, 0.29) is 12.6 Å². The Morgan fingerprint density at radius 3 is 2.50 bits per heavy atom. The van der Waals surface area contributed by atoms with Crippen LogP contribution in [0.2, 0.25) is 0 Å². The molecule has 18 heavy (non-hydrogen) atoms. The average Bonchev–Trinajstić information content (AvgIpc) is 2.38. The average molecular weight is 253 g/mol. The Bertz CT molecular complexity index is 326. The third kappa shape index (κ3) is 5.14. The third-order valence-corrected chi connectivity index (χ3v) is 2.84. The third-order valence-electron chi connectivity index (χ3n) is 2.84. The minimum Gasteiger partial charge on any atom is -0.394 e. The fourth-order valence-electron chi connectivity index (χ4n) is 1.69. The standard InChI is InChI=1S/C14H23NO3/c1-11-3-5-13(6-4-11)14(17)12(2)15-7-9-18-10-8-16/h3-6,12,14-17H,7-10H2,1-2H3. The molecule has 102 valence electrons. The molecule has 0 amide bonds. The van der Waals surface area contributed by atoms with E-state index in [1.807, 2.05) is 38.1 Å². The molecule has 0 aliphatic rings. The first kappa shape index (κ1) is 15.1. The molecule has 4 nitrogen and oxygen atoms in total. The summed E-state index contributed by atoms with van der Waals surface area (Å²) in [6.07, 6.45) is -0.525. The highest BCUT2D eigenvalue weighted by Crippen LogP contribution is 2.16. The first-order valence-electron chi connectivity index (χ1n) is 6.31. The summed E-state index contributed by atoms with van der Waals surface area (Å²) in [6, 6.07) is 7.84. The van der Waals surface area contributed by atoms with E-state index < -0.39 is 6.10 Å². The molecule has 1 rings (SSSR count). The van der Waals surface area contributed by atoms with Crippen LogP contribution in [-0.4, -0.2) is 42.6 Å². The van der Waals surface area contributed by atoms with Crippen molar-refractivity contribution in [1.29, 1.82) is 0 Å². The van der Waals surface area contributed by atoms with Gasteiger partial charge in [-0.15, -0.1) is 0 Å². The zero-order valence-corrected chi connectivity index (χ0v) is 11.1. The smallest absolute Gasteiger partial charge is 0.0940 e. The molecule has 0 aliphatic heterocycles. The van der Waals surface area contributed by atoms with Gasteiger partial charge in [-0.05, 0) is 19.4 Å². The molecule has 0 heterocycles. The van der Waals surface area contributed by atoms with Crippen molar-refractivity contribution in [3.05, 3.63) is 35.4 Å². The molecule has 1 aromatic rings. The highest BCUT2D eigenvalue weighted by atomic mass is 16.5. The van der Waals surface area contributed by atoms with Crippen molar-refractivity contribution in [3.8, 4) is 0 Å². The molecule has 0 aliphatic carbocycles. The Balaban J connectivity index is 2.32. The summed E-state index contributed by atoms with van der Waals surface area (Å²) in [5, 5.41) is 21.9. The maximum atomic E-state index is 10.1. The van der Waals surface area contributed by atoms with Crippen LogP contribution in [0.5, 0.6) is 0 Å². The van der Waals surface area contributed by atoms with Gasteiger partial charge in [0.15, 0.2) is 0 Å². The van der Waals surface area contributed by atoms with Gasteiger partial charge < -0.3 is 20.3 Å². The summed E-state index contributed by atoms with van der Waals surface area (Å²) in [6.45, 7) is 5.56. The summed E-state index contributed by atoms with van der Waals surface area (Å²) >= 11 is 0. The number of hydrogen-bond donors (Lipinski definition) is 3. The minimum atomic E-state index is -0.525. The predicted molar refractivity (Wildman–Crippen MR) is 71.5 cm³/mol. The largest absolute Gasteiger partial charge is 0.394 e. The molecule has 1 aromatic carbocycles. The van der Waals surface area contributed by atoms with Crippen molar-refractivity contribution in [2.45, 2.75) is 26.0 Å².